The van der Waals surface area contributed by atoms with E-state index in [9.17, 15) is 13.2 Å². The van der Waals surface area contributed by atoms with E-state index < -0.39 is 15.0 Å². The van der Waals surface area contributed by atoms with Crippen LogP contribution in [-0.4, -0.2) is 24.1 Å². The van der Waals surface area contributed by atoms with Gasteiger partial charge in [-0.25, -0.2) is 13.2 Å². The van der Waals surface area contributed by atoms with Crippen molar-refractivity contribution in [3.8, 4) is 0 Å². The van der Waals surface area contributed by atoms with E-state index in [1.54, 1.807) is 0 Å². The lowest BCUT2D eigenvalue weighted by atomic mass is 9.89. The molecule has 1 heterocycles. The predicted octanol–water partition coefficient (Wildman–Crippen LogP) is 2.69. The summed E-state index contributed by atoms with van der Waals surface area (Å²) in [6.45, 7) is 0.536. The summed E-state index contributed by atoms with van der Waals surface area (Å²) in [4.78, 5) is 11.0. The monoisotopic (exact) mass is 305 g/mol. The third-order valence-electron chi connectivity index (χ3n) is 3.55. The normalized spacial score (nSPS) is 17.5. The summed E-state index contributed by atoms with van der Waals surface area (Å²) in [7, 11) is 1.37. The van der Waals surface area contributed by atoms with Crippen LogP contribution in [0.3, 0.4) is 0 Å². The van der Waals surface area contributed by atoms with Crippen LogP contribution in [0.4, 0.5) is 0 Å². The molecule has 19 heavy (non-hydrogen) atoms. The van der Waals surface area contributed by atoms with Crippen molar-refractivity contribution >= 4 is 25.7 Å². The molecule has 1 aromatic rings. The van der Waals surface area contributed by atoms with Gasteiger partial charge in [0.05, 0.1) is 0 Å². The van der Waals surface area contributed by atoms with E-state index in [-0.39, 0.29) is 10.6 Å². The smallest absolute Gasteiger partial charge is 0.352 e. The van der Waals surface area contributed by atoms with Gasteiger partial charge in [-0.1, -0.05) is 19.3 Å². The number of aromatic carboxylic acids is 1. The molecule has 1 saturated carbocycles. The molecule has 0 saturated heterocycles. The number of carboxylic acid groups (broad SMARTS) is 1. The van der Waals surface area contributed by atoms with Crippen LogP contribution in [0.2, 0.25) is 0 Å². The summed E-state index contributed by atoms with van der Waals surface area (Å²) in [6, 6.07) is 1.12. The standard InChI is InChI=1S/C12H16ClNO4S/c13-19(17,18)10-6-11(12(15)16)14(8-10)7-9-4-2-1-3-5-9/h6,8-9H,1-5,7H2,(H,15,16). The fourth-order valence-electron chi connectivity index (χ4n) is 2.59. The van der Waals surface area contributed by atoms with Crippen molar-refractivity contribution in [2.45, 2.75) is 43.5 Å². The fraction of sp³-hybridized carbons (Fsp3) is 0.583. The van der Waals surface area contributed by atoms with Gasteiger partial charge in [0.25, 0.3) is 9.05 Å². The number of nitrogens with zero attached hydrogens (tertiary/aromatic N) is 1. The zero-order chi connectivity index (χ0) is 14.0. The molecule has 5 nitrogen and oxygen atoms in total. The average Bonchev–Trinajstić information content (AvgIpc) is 2.74. The van der Waals surface area contributed by atoms with Gasteiger partial charge in [0, 0.05) is 23.4 Å². The highest BCUT2D eigenvalue weighted by atomic mass is 35.7. The second-order valence-corrected chi connectivity index (χ2v) is 7.53. The van der Waals surface area contributed by atoms with E-state index in [4.69, 9.17) is 15.8 Å². The molecule has 7 heteroatoms. The first-order chi connectivity index (χ1) is 8.88. The number of halogens is 1. The van der Waals surface area contributed by atoms with Crippen LogP contribution in [0.25, 0.3) is 0 Å². The summed E-state index contributed by atoms with van der Waals surface area (Å²) in [5.74, 6) is -0.729. The molecule has 1 aliphatic carbocycles. The van der Waals surface area contributed by atoms with Gasteiger partial charge in [-0.05, 0) is 24.8 Å². The van der Waals surface area contributed by atoms with E-state index in [1.165, 1.54) is 17.2 Å². The first kappa shape index (κ1) is 14.4. The quantitative estimate of drug-likeness (QED) is 0.868. The molecule has 1 aliphatic rings. The zero-order valence-corrected chi connectivity index (χ0v) is 12.0. The number of aromatic nitrogens is 1. The van der Waals surface area contributed by atoms with E-state index in [0.717, 1.165) is 31.7 Å². The molecule has 0 aromatic carbocycles. The van der Waals surface area contributed by atoms with Crippen molar-refractivity contribution < 1.29 is 18.3 Å². The molecule has 0 bridgehead atoms. The molecule has 0 amide bonds. The largest absolute Gasteiger partial charge is 0.477 e. The zero-order valence-electron chi connectivity index (χ0n) is 10.4. The third kappa shape index (κ3) is 3.51. The lowest BCUT2D eigenvalue weighted by molar-refractivity contribution is 0.0683. The topological polar surface area (TPSA) is 76.4 Å². The first-order valence-corrected chi connectivity index (χ1v) is 8.57. The number of carboxylic acids is 1. The Hall–Kier alpha value is -1.01. The van der Waals surface area contributed by atoms with Gasteiger partial charge in [0.15, 0.2) is 0 Å². The maximum atomic E-state index is 11.3. The fourth-order valence-corrected chi connectivity index (χ4v) is 3.35. The van der Waals surface area contributed by atoms with Gasteiger partial charge in [-0.2, -0.15) is 0 Å². The molecule has 106 valence electrons. The van der Waals surface area contributed by atoms with Gasteiger partial charge in [0.1, 0.15) is 10.6 Å². The molecule has 1 N–H and O–H groups in total. The Labute approximate surface area is 116 Å². The second kappa shape index (κ2) is 5.54. The minimum atomic E-state index is -3.89. The van der Waals surface area contributed by atoms with Crippen LogP contribution < -0.4 is 0 Å². The van der Waals surface area contributed by atoms with E-state index >= 15 is 0 Å². The lowest BCUT2D eigenvalue weighted by Crippen LogP contribution is -2.17. The van der Waals surface area contributed by atoms with Crippen LogP contribution in [0.15, 0.2) is 17.2 Å². The van der Waals surface area contributed by atoms with Crippen LogP contribution in [0, 0.1) is 5.92 Å². The molecular weight excluding hydrogens is 290 g/mol. The molecule has 0 aliphatic heterocycles. The molecule has 0 spiro atoms. The van der Waals surface area contributed by atoms with Gasteiger partial charge in [-0.3, -0.25) is 0 Å². The number of hydrogen-bond acceptors (Lipinski definition) is 3. The van der Waals surface area contributed by atoms with Crippen molar-refractivity contribution in [1.82, 2.24) is 4.57 Å². The van der Waals surface area contributed by atoms with Crippen LogP contribution in [-0.2, 0) is 15.6 Å². The summed E-state index contributed by atoms with van der Waals surface area (Å²) in [5, 5.41) is 9.12. The van der Waals surface area contributed by atoms with Gasteiger partial charge in [-0.15, -0.1) is 0 Å². The highest BCUT2D eigenvalue weighted by Gasteiger charge is 2.22. The van der Waals surface area contributed by atoms with Gasteiger partial charge in [0.2, 0.25) is 0 Å². The molecule has 0 unspecified atom stereocenters. The Morgan fingerprint density at radius 2 is 2.00 bits per heavy atom. The Bertz CT molecular complexity index is 573. The van der Waals surface area contributed by atoms with Crippen molar-refractivity contribution in [2.75, 3.05) is 0 Å². The average molecular weight is 306 g/mol. The van der Waals surface area contributed by atoms with Crippen LogP contribution in [0.1, 0.15) is 42.6 Å². The molecule has 2 rings (SSSR count). The number of carbonyl (C=O) groups is 1. The maximum absolute atomic E-state index is 11.3. The molecular formula is C12H16ClNO4S. The summed E-state index contributed by atoms with van der Waals surface area (Å²) in [5.41, 5.74) is -0.0233. The lowest BCUT2D eigenvalue weighted by Gasteiger charge is -2.22. The Balaban J connectivity index is 2.27. The minimum absolute atomic E-state index is 0.0233. The molecule has 0 atom stereocenters. The van der Waals surface area contributed by atoms with Crippen molar-refractivity contribution in [3.05, 3.63) is 18.0 Å². The second-order valence-electron chi connectivity index (χ2n) is 4.96. The minimum Gasteiger partial charge on any atom is -0.477 e. The maximum Gasteiger partial charge on any atom is 0.352 e. The summed E-state index contributed by atoms with van der Waals surface area (Å²) < 4.78 is 24.0. The predicted molar refractivity (Wildman–Crippen MR) is 71.0 cm³/mol. The third-order valence-corrected chi connectivity index (χ3v) is 4.87. The van der Waals surface area contributed by atoms with Crippen LogP contribution >= 0.6 is 10.7 Å². The van der Waals surface area contributed by atoms with Crippen molar-refractivity contribution in [1.29, 1.82) is 0 Å². The van der Waals surface area contributed by atoms with Crippen molar-refractivity contribution in [2.24, 2.45) is 5.92 Å². The van der Waals surface area contributed by atoms with E-state index in [2.05, 4.69) is 0 Å². The summed E-state index contributed by atoms with van der Waals surface area (Å²) >= 11 is 0. The number of hydrogen-bond donors (Lipinski definition) is 1. The highest BCUT2D eigenvalue weighted by Crippen LogP contribution is 2.27. The SMILES string of the molecule is O=C(O)c1cc(S(=O)(=O)Cl)cn1CC1CCCCC1. The Morgan fingerprint density at radius 1 is 1.37 bits per heavy atom. The summed E-state index contributed by atoms with van der Waals surface area (Å²) in [6.07, 6.45) is 6.94. The number of rotatable bonds is 4. The Morgan fingerprint density at radius 3 is 2.53 bits per heavy atom. The van der Waals surface area contributed by atoms with Gasteiger partial charge < -0.3 is 9.67 Å². The van der Waals surface area contributed by atoms with Crippen molar-refractivity contribution in [3.63, 3.8) is 0 Å². The van der Waals surface area contributed by atoms with E-state index in [0.29, 0.717) is 12.5 Å². The van der Waals surface area contributed by atoms with E-state index in [1.807, 2.05) is 0 Å². The molecule has 1 aromatic heterocycles. The first-order valence-electron chi connectivity index (χ1n) is 6.26. The molecule has 1 fully saturated rings. The molecule has 0 radical (unpaired) electrons. The van der Waals surface area contributed by atoms with Gasteiger partial charge >= 0.3 is 5.97 Å². The Kier molecular flexibility index (Phi) is 4.20. The van der Waals surface area contributed by atoms with Crippen LogP contribution in [0.5, 0.6) is 0 Å². The highest BCUT2D eigenvalue weighted by molar-refractivity contribution is 8.13.